The van der Waals surface area contributed by atoms with Crippen LogP contribution in [0.1, 0.15) is 5.56 Å². The Balaban J connectivity index is 2.43. The molecule has 0 aliphatic carbocycles. The Kier molecular flexibility index (Phi) is 2.52. The number of nitrogens with zero attached hydrogens (tertiary/aromatic N) is 1. The maximum atomic E-state index is 11.7. The number of fused-ring (bicyclic) bond motifs is 1. The number of rotatable bonds is 1. The van der Waals surface area contributed by atoms with Gasteiger partial charge in [0.1, 0.15) is 0 Å². The molecule has 5 nitrogen and oxygen atoms in total. The van der Waals surface area contributed by atoms with Crippen molar-refractivity contribution in [1.29, 1.82) is 0 Å². The van der Waals surface area contributed by atoms with Crippen LogP contribution in [-0.2, 0) is 0 Å². The molecular formula is C14H11N3O2. The van der Waals surface area contributed by atoms with E-state index < -0.39 is 11.2 Å². The van der Waals surface area contributed by atoms with Gasteiger partial charge in [-0.1, -0.05) is 24.3 Å². The molecule has 0 saturated carbocycles. The van der Waals surface area contributed by atoms with E-state index in [2.05, 4.69) is 15.0 Å². The summed E-state index contributed by atoms with van der Waals surface area (Å²) in [6.45, 7) is 1.66. The van der Waals surface area contributed by atoms with E-state index in [4.69, 9.17) is 0 Å². The number of hydrogen-bond donors (Lipinski definition) is 2. The highest BCUT2D eigenvalue weighted by molar-refractivity contribution is 5.93. The lowest BCUT2D eigenvalue weighted by molar-refractivity contribution is 1.01. The van der Waals surface area contributed by atoms with Gasteiger partial charge in [0, 0.05) is 17.1 Å². The predicted molar refractivity (Wildman–Crippen MR) is 73.2 cm³/mol. The van der Waals surface area contributed by atoms with Crippen molar-refractivity contribution in [2.24, 2.45) is 0 Å². The Bertz CT molecular complexity index is 872. The molecule has 0 aliphatic heterocycles. The third kappa shape index (κ3) is 1.85. The fourth-order valence-corrected chi connectivity index (χ4v) is 2.10. The van der Waals surface area contributed by atoms with Crippen LogP contribution in [0.25, 0.3) is 22.2 Å². The van der Waals surface area contributed by atoms with Crippen LogP contribution in [-0.4, -0.2) is 15.0 Å². The first-order valence-electron chi connectivity index (χ1n) is 5.84. The van der Waals surface area contributed by atoms with E-state index >= 15 is 0 Å². The van der Waals surface area contributed by atoms with Crippen molar-refractivity contribution in [3.63, 3.8) is 0 Å². The molecule has 3 aromatic rings. The summed E-state index contributed by atoms with van der Waals surface area (Å²) in [5.41, 5.74) is 0.599. The summed E-state index contributed by atoms with van der Waals surface area (Å²) in [7, 11) is 0. The van der Waals surface area contributed by atoms with Crippen LogP contribution in [0.3, 0.4) is 0 Å². The second-order valence-corrected chi connectivity index (χ2v) is 4.29. The van der Waals surface area contributed by atoms with Gasteiger partial charge < -0.3 is 4.98 Å². The van der Waals surface area contributed by atoms with Crippen LogP contribution in [0.4, 0.5) is 0 Å². The molecule has 0 saturated heterocycles. The molecule has 0 bridgehead atoms. The van der Waals surface area contributed by atoms with Gasteiger partial charge in [0.25, 0.3) is 5.56 Å². The highest BCUT2D eigenvalue weighted by atomic mass is 16.2. The van der Waals surface area contributed by atoms with Gasteiger partial charge in [-0.2, -0.15) is 0 Å². The normalized spacial score (nSPS) is 10.8. The first-order chi connectivity index (χ1) is 9.16. The van der Waals surface area contributed by atoms with Gasteiger partial charge in [-0.25, -0.2) is 4.79 Å². The lowest BCUT2D eigenvalue weighted by atomic mass is 10.1. The van der Waals surface area contributed by atoms with Gasteiger partial charge in [-0.3, -0.25) is 14.8 Å². The van der Waals surface area contributed by atoms with Crippen molar-refractivity contribution < 1.29 is 0 Å². The molecule has 0 aliphatic rings. The first-order valence-corrected chi connectivity index (χ1v) is 5.84. The zero-order chi connectivity index (χ0) is 13.4. The molecule has 94 valence electrons. The second kappa shape index (κ2) is 4.20. The molecule has 0 fully saturated rings. The molecule has 0 spiro atoms. The number of nitrogens with one attached hydrogen (secondary N) is 2. The van der Waals surface area contributed by atoms with E-state index in [-0.39, 0.29) is 0 Å². The smallest absolute Gasteiger partial charge is 0.305 e. The summed E-state index contributed by atoms with van der Waals surface area (Å²) in [5, 5.41) is 1.90. The van der Waals surface area contributed by atoms with Gasteiger partial charge in [0.15, 0.2) is 0 Å². The second-order valence-electron chi connectivity index (χ2n) is 4.29. The molecule has 19 heavy (non-hydrogen) atoms. The van der Waals surface area contributed by atoms with Crippen molar-refractivity contribution in [1.82, 2.24) is 15.0 Å². The highest BCUT2D eigenvalue weighted by Gasteiger charge is 2.11. The zero-order valence-electron chi connectivity index (χ0n) is 10.2. The Morgan fingerprint density at radius 1 is 1.05 bits per heavy atom. The highest BCUT2D eigenvalue weighted by Crippen LogP contribution is 2.24. The minimum atomic E-state index is -0.527. The number of hydrogen-bond acceptors (Lipinski definition) is 3. The van der Waals surface area contributed by atoms with Gasteiger partial charge in [-0.05, 0) is 18.4 Å². The van der Waals surface area contributed by atoms with E-state index in [0.29, 0.717) is 17.0 Å². The molecule has 2 heterocycles. The van der Waals surface area contributed by atoms with Crippen molar-refractivity contribution in [2.75, 3.05) is 0 Å². The predicted octanol–water partition coefficient (Wildman–Crippen LogP) is 1.59. The minimum Gasteiger partial charge on any atom is -0.305 e. The third-order valence-corrected chi connectivity index (χ3v) is 3.09. The zero-order valence-corrected chi connectivity index (χ0v) is 10.2. The van der Waals surface area contributed by atoms with Gasteiger partial charge in [0.2, 0.25) is 0 Å². The molecule has 0 amide bonds. The topological polar surface area (TPSA) is 78.6 Å². The molecular weight excluding hydrogens is 242 g/mol. The molecule has 1 aromatic carbocycles. The number of aromatic amines is 2. The van der Waals surface area contributed by atoms with Crippen molar-refractivity contribution in [3.8, 4) is 11.4 Å². The van der Waals surface area contributed by atoms with E-state index in [1.807, 2.05) is 30.3 Å². The molecule has 5 heteroatoms. The standard InChI is InChI=1S/C14H11N3O2/c1-8-11(16-14(19)17-13(8)18)12-10-5-3-2-4-9(10)6-7-15-12/h2-7H,1H3,(H2,16,17,18,19). The fourth-order valence-electron chi connectivity index (χ4n) is 2.10. The molecule has 2 N–H and O–H groups in total. The molecule has 3 rings (SSSR count). The van der Waals surface area contributed by atoms with Gasteiger partial charge >= 0.3 is 5.69 Å². The quantitative estimate of drug-likeness (QED) is 0.691. The summed E-state index contributed by atoms with van der Waals surface area (Å²) < 4.78 is 0. The largest absolute Gasteiger partial charge is 0.326 e. The number of H-pyrrole nitrogens is 2. The first kappa shape index (κ1) is 11.4. The lowest BCUT2D eigenvalue weighted by Crippen LogP contribution is -2.25. The average molecular weight is 253 g/mol. The van der Waals surface area contributed by atoms with Crippen LogP contribution in [0.5, 0.6) is 0 Å². The minimum absolute atomic E-state index is 0.395. The van der Waals surface area contributed by atoms with Crippen LogP contribution in [0, 0.1) is 6.92 Å². The van der Waals surface area contributed by atoms with Crippen molar-refractivity contribution in [3.05, 3.63) is 62.9 Å². The number of pyridine rings is 1. The van der Waals surface area contributed by atoms with E-state index in [9.17, 15) is 9.59 Å². The Labute approximate surface area is 108 Å². The Morgan fingerprint density at radius 2 is 1.84 bits per heavy atom. The average Bonchev–Trinajstić information content (AvgIpc) is 2.42. The van der Waals surface area contributed by atoms with E-state index in [1.165, 1.54) is 0 Å². The molecule has 2 aromatic heterocycles. The van der Waals surface area contributed by atoms with Crippen molar-refractivity contribution >= 4 is 10.8 Å². The fraction of sp³-hybridized carbons (Fsp3) is 0.0714. The summed E-state index contributed by atoms with van der Waals surface area (Å²) in [5.74, 6) is 0. The van der Waals surface area contributed by atoms with Crippen molar-refractivity contribution in [2.45, 2.75) is 6.92 Å². The van der Waals surface area contributed by atoms with Crippen LogP contribution in [0.2, 0.25) is 0 Å². The SMILES string of the molecule is Cc1c(-c2nccc3ccccc23)[nH]c(=O)[nH]c1=O. The Hall–Kier alpha value is -2.69. The van der Waals surface area contributed by atoms with E-state index in [0.717, 1.165) is 10.8 Å². The van der Waals surface area contributed by atoms with E-state index in [1.54, 1.807) is 13.1 Å². The number of aromatic nitrogens is 3. The summed E-state index contributed by atoms with van der Waals surface area (Å²) in [4.78, 5) is 32.3. The molecule has 0 radical (unpaired) electrons. The summed E-state index contributed by atoms with van der Waals surface area (Å²) in [6, 6.07) is 9.59. The third-order valence-electron chi connectivity index (χ3n) is 3.09. The maximum Gasteiger partial charge on any atom is 0.326 e. The summed E-state index contributed by atoms with van der Waals surface area (Å²) in [6.07, 6.45) is 1.66. The molecule has 0 atom stereocenters. The monoisotopic (exact) mass is 253 g/mol. The van der Waals surface area contributed by atoms with Crippen LogP contribution >= 0.6 is 0 Å². The number of benzene rings is 1. The van der Waals surface area contributed by atoms with Crippen LogP contribution < -0.4 is 11.2 Å². The van der Waals surface area contributed by atoms with Gasteiger partial charge in [-0.15, -0.1) is 0 Å². The van der Waals surface area contributed by atoms with Gasteiger partial charge in [0.05, 0.1) is 11.4 Å². The maximum absolute atomic E-state index is 11.7. The van der Waals surface area contributed by atoms with Crippen LogP contribution in [0.15, 0.2) is 46.1 Å². The summed E-state index contributed by atoms with van der Waals surface area (Å²) >= 11 is 0. The Morgan fingerprint density at radius 3 is 2.68 bits per heavy atom. The molecule has 0 unspecified atom stereocenters. The lowest BCUT2D eigenvalue weighted by Gasteiger charge is -2.07.